The maximum absolute atomic E-state index is 2.44. The minimum absolute atomic E-state index is 1.17. The Hall–Kier alpha value is -6.64. The summed E-state index contributed by atoms with van der Waals surface area (Å²) in [5, 5.41) is 12.7. The van der Waals surface area contributed by atoms with Gasteiger partial charge in [0.1, 0.15) is 0 Å². The van der Waals surface area contributed by atoms with Crippen LogP contribution in [0.2, 0.25) is 0 Å². The van der Waals surface area contributed by atoms with E-state index in [0.29, 0.717) is 0 Å². The first-order valence-electron chi connectivity index (χ1n) is 17.3. The van der Waals surface area contributed by atoms with Gasteiger partial charge in [-0.3, -0.25) is 0 Å². The molecule has 11 rings (SSSR count). The van der Waals surface area contributed by atoms with Crippen molar-refractivity contribution in [3.8, 4) is 22.5 Å². The largest absolute Gasteiger partial charge is 0.309 e. The van der Waals surface area contributed by atoms with Crippen molar-refractivity contribution in [3.05, 3.63) is 182 Å². The van der Waals surface area contributed by atoms with E-state index in [-0.39, 0.29) is 0 Å². The fraction of sp³-hybridized carbons (Fsp3) is 0. The second-order valence-electron chi connectivity index (χ2n) is 13.4. The van der Waals surface area contributed by atoms with E-state index < -0.39 is 0 Å². The van der Waals surface area contributed by atoms with Gasteiger partial charge in [-0.1, -0.05) is 127 Å². The van der Waals surface area contributed by atoms with Gasteiger partial charge in [0.25, 0.3) is 0 Å². The summed E-state index contributed by atoms with van der Waals surface area (Å²) in [5.41, 5.74) is 9.63. The first kappa shape index (κ1) is 27.3. The summed E-state index contributed by atoms with van der Waals surface area (Å²) < 4.78 is 4.82. The van der Waals surface area contributed by atoms with Gasteiger partial charge in [-0.05, 0) is 98.0 Å². The highest BCUT2D eigenvalue weighted by Gasteiger charge is 2.16. The molecule has 11 aromatic rings. The second kappa shape index (κ2) is 10.4. The van der Waals surface area contributed by atoms with Crippen LogP contribution in [-0.4, -0.2) is 9.13 Å². The minimum atomic E-state index is 1.17. The minimum Gasteiger partial charge on any atom is -0.309 e. The third-order valence-electron chi connectivity index (χ3n) is 10.7. The van der Waals surface area contributed by atoms with Crippen molar-refractivity contribution in [2.75, 3.05) is 0 Å². The van der Waals surface area contributed by atoms with E-state index in [1.807, 2.05) is 0 Å². The zero-order chi connectivity index (χ0) is 32.8. The molecule has 0 unspecified atom stereocenters. The standard InChI is InChI=1S/C48H30N2/c1-2-11-35(12-3-1)49-46-17-9-7-15-42(46)44-29-32(21-27-47(44)49)33-19-25-43-41-14-6-8-16-45(41)50(48(43)30-33)36-22-26-38-34(28-36)20-24-39-37-13-5-4-10-31(37)18-23-40(38)39/h1-30H. The van der Waals surface area contributed by atoms with E-state index in [1.54, 1.807) is 0 Å². The molecule has 2 nitrogen and oxygen atoms in total. The Bertz CT molecular complexity index is 3140. The van der Waals surface area contributed by atoms with Gasteiger partial charge in [0, 0.05) is 32.9 Å². The Morgan fingerprint density at radius 1 is 0.240 bits per heavy atom. The molecule has 0 amide bonds. The van der Waals surface area contributed by atoms with E-state index in [1.165, 1.54) is 98.4 Å². The lowest BCUT2D eigenvalue weighted by Gasteiger charge is -2.12. The number of fused-ring (bicyclic) bond motifs is 11. The van der Waals surface area contributed by atoms with Crippen LogP contribution in [0.5, 0.6) is 0 Å². The Balaban J connectivity index is 1.11. The van der Waals surface area contributed by atoms with Crippen LogP contribution in [-0.2, 0) is 0 Å². The van der Waals surface area contributed by atoms with E-state index in [4.69, 9.17) is 0 Å². The molecular weight excluding hydrogens is 605 g/mol. The summed E-state index contributed by atoms with van der Waals surface area (Å²) in [6, 6.07) is 66.8. The van der Waals surface area contributed by atoms with Crippen molar-refractivity contribution >= 4 is 75.9 Å². The SMILES string of the molecule is c1ccc(-n2c3ccccc3c3cc(-c4ccc5c6ccccc6n(-c6ccc7c(ccc8c9ccccc9ccc78)c6)c5c4)ccc32)cc1. The van der Waals surface area contributed by atoms with Crippen molar-refractivity contribution in [2.24, 2.45) is 0 Å². The number of hydrogen-bond donors (Lipinski definition) is 0. The van der Waals surface area contributed by atoms with E-state index in [2.05, 4.69) is 191 Å². The highest BCUT2D eigenvalue weighted by Crippen LogP contribution is 2.39. The Morgan fingerprint density at radius 3 is 1.56 bits per heavy atom. The topological polar surface area (TPSA) is 9.86 Å². The molecule has 0 radical (unpaired) electrons. The number of nitrogens with zero attached hydrogens (tertiary/aromatic N) is 2. The number of rotatable bonds is 3. The predicted octanol–water partition coefficient (Wildman–Crippen LogP) is 13.0. The normalized spacial score (nSPS) is 12.0. The van der Waals surface area contributed by atoms with Crippen LogP contribution < -0.4 is 0 Å². The van der Waals surface area contributed by atoms with Gasteiger partial charge >= 0.3 is 0 Å². The van der Waals surface area contributed by atoms with E-state index in [9.17, 15) is 0 Å². The average Bonchev–Trinajstić information content (AvgIpc) is 3.70. The molecule has 0 aliphatic carbocycles. The summed E-state index contributed by atoms with van der Waals surface area (Å²) in [5.74, 6) is 0. The summed E-state index contributed by atoms with van der Waals surface area (Å²) in [6.45, 7) is 0. The third-order valence-corrected chi connectivity index (χ3v) is 10.7. The summed E-state index contributed by atoms with van der Waals surface area (Å²) in [7, 11) is 0. The molecule has 0 bridgehead atoms. The third kappa shape index (κ3) is 3.90. The van der Waals surface area contributed by atoms with Gasteiger partial charge in [0.15, 0.2) is 0 Å². The molecule has 50 heavy (non-hydrogen) atoms. The molecule has 0 saturated heterocycles. The highest BCUT2D eigenvalue weighted by atomic mass is 15.0. The van der Waals surface area contributed by atoms with Crippen LogP contribution in [0.4, 0.5) is 0 Å². The maximum atomic E-state index is 2.44. The van der Waals surface area contributed by atoms with Crippen molar-refractivity contribution in [1.29, 1.82) is 0 Å². The maximum Gasteiger partial charge on any atom is 0.0547 e. The van der Waals surface area contributed by atoms with E-state index >= 15 is 0 Å². The van der Waals surface area contributed by atoms with Gasteiger partial charge in [0.05, 0.1) is 22.1 Å². The van der Waals surface area contributed by atoms with Gasteiger partial charge in [-0.25, -0.2) is 0 Å². The lowest BCUT2D eigenvalue weighted by Crippen LogP contribution is -1.94. The van der Waals surface area contributed by atoms with Gasteiger partial charge in [-0.15, -0.1) is 0 Å². The van der Waals surface area contributed by atoms with Gasteiger partial charge in [-0.2, -0.15) is 0 Å². The molecular formula is C48H30N2. The van der Waals surface area contributed by atoms with Crippen LogP contribution in [0.1, 0.15) is 0 Å². The molecule has 0 aliphatic heterocycles. The molecule has 0 N–H and O–H groups in total. The lowest BCUT2D eigenvalue weighted by molar-refractivity contribution is 1.18. The fourth-order valence-corrected chi connectivity index (χ4v) is 8.39. The molecule has 0 fully saturated rings. The van der Waals surface area contributed by atoms with Crippen LogP contribution in [0.15, 0.2) is 182 Å². The summed E-state index contributed by atoms with van der Waals surface area (Å²) >= 11 is 0. The first-order valence-corrected chi connectivity index (χ1v) is 17.3. The zero-order valence-corrected chi connectivity index (χ0v) is 27.2. The van der Waals surface area contributed by atoms with Crippen molar-refractivity contribution < 1.29 is 0 Å². The van der Waals surface area contributed by atoms with Crippen LogP contribution in [0.25, 0.3) is 98.4 Å². The zero-order valence-electron chi connectivity index (χ0n) is 27.2. The molecule has 0 spiro atoms. The molecule has 2 aromatic heterocycles. The van der Waals surface area contributed by atoms with Gasteiger partial charge < -0.3 is 9.13 Å². The number of benzene rings is 9. The second-order valence-corrected chi connectivity index (χ2v) is 13.4. The van der Waals surface area contributed by atoms with Crippen molar-refractivity contribution in [1.82, 2.24) is 9.13 Å². The molecule has 9 aromatic carbocycles. The quantitative estimate of drug-likeness (QED) is 0.171. The Morgan fingerprint density at radius 2 is 0.760 bits per heavy atom. The lowest BCUT2D eigenvalue weighted by atomic mass is 9.97. The number of hydrogen-bond acceptors (Lipinski definition) is 0. The molecule has 2 heterocycles. The van der Waals surface area contributed by atoms with Crippen LogP contribution in [0, 0.1) is 0 Å². The molecule has 232 valence electrons. The Labute approximate surface area is 288 Å². The monoisotopic (exact) mass is 634 g/mol. The smallest absolute Gasteiger partial charge is 0.0547 e. The van der Waals surface area contributed by atoms with Crippen LogP contribution in [0.3, 0.4) is 0 Å². The first-order chi connectivity index (χ1) is 24.8. The summed E-state index contributed by atoms with van der Waals surface area (Å²) in [6.07, 6.45) is 0. The summed E-state index contributed by atoms with van der Waals surface area (Å²) in [4.78, 5) is 0. The fourth-order valence-electron chi connectivity index (χ4n) is 8.39. The molecule has 0 atom stereocenters. The predicted molar refractivity (Wildman–Crippen MR) is 213 cm³/mol. The molecule has 2 heteroatoms. The van der Waals surface area contributed by atoms with Crippen molar-refractivity contribution in [2.45, 2.75) is 0 Å². The number of para-hydroxylation sites is 3. The molecule has 0 saturated carbocycles. The van der Waals surface area contributed by atoms with E-state index in [0.717, 1.165) is 0 Å². The van der Waals surface area contributed by atoms with Crippen molar-refractivity contribution in [3.63, 3.8) is 0 Å². The van der Waals surface area contributed by atoms with Crippen LogP contribution >= 0.6 is 0 Å². The Kier molecular flexibility index (Phi) is 5.70. The average molecular weight is 635 g/mol. The van der Waals surface area contributed by atoms with Gasteiger partial charge in [0.2, 0.25) is 0 Å². The molecule has 0 aliphatic rings. The highest BCUT2D eigenvalue weighted by molar-refractivity contribution is 6.18. The number of aromatic nitrogens is 2.